The van der Waals surface area contributed by atoms with Crippen molar-refractivity contribution in [2.24, 2.45) is 0 Å². The van der Waals surface area contributed by atoms with E-state index in [1.165, 1.54) is 0 Å². The lowest BCUT2D eigenvalue weighted by Crippen LogP contribution is -2.12. The molecule has 0 bridgehead atoms. The molecule has 98 valence electrons. The molecule has 0 amide bonds. The minimum absolute atomic E-state index is 0.579. The summed E-state index contributed by atoms with van der Waals surface area (Å²) in [5.41, 5.74) is 0. The third-order valence-corrected chi connectivity index (χ3v) is 3.34. The summed E-state index contributed by atoms with van der Waals surface area (Å²) in [7, 11) is 1.65. The zero-order chi connectivity index (χ0) is 12.5. The van der Waals surface area contributed by atoms with E-state index in [2.05, 4.69) is 27.7 Å². The van der Waals surface area contributed by atoms with Crippen molar-refractivity contribution >= 4 is 34.2 Å². The highest BCUT2D eigenvalue weighted by atomic mass is 127. The van der Waals surface area contributed by atoms with Gasteiger partial charge in [-0.2, -0.15) is 5.10 Å². The van der Waals surface area contributed by atoms with Crippen LogP contribution in [0.15, 0.2) is 6.20 Å². The highest BCUT2D eigenvalue weighted by Crippen LogP contribution is 2.15. The second-order valence-corrected chi connectivity index (χ2v) is 4.68. The lowest BCUT2D eigenvalue weighted by molar-refractivity contribution is 0.0225. The molecule has 0 radical (unpaired) electrons. The third-order valence-electron chi connectivity index (χ3n) is 1.94. The highest BCUT2D eigenvalue weighted by molar-refractivity contribution is 14.1. The second kappa shape index (κ2) is 9.09. The number of methoxy groups -OCH3 is 1. The first-order valence-corrected chi connectivity index (χ1v) is 6.72. The maximum absolute atomic E-state index is 5.88. The Morgan fingerprint density at radius 3 is 2.47 bits per heavy atom. The molecule has 5 nitrogen and oxygen atoms in total. The lowest BCUT2D eigenvalue weighted by Gasteiger charge is -2.05. The van der Waals surface area contributed by atoms with Gasteiger partial charge in [-0.05, 0) is 22.6 Å². The van der Waals surface area contributed by atoms with Gasteiger partial charge in [-0.25, -0.2) is 0 Å². The summed E-state index contributed by atoms with van der Waals surface area (Å²) < 4.78 is 18.1. The number of hydrogen-bond donors (Lipinski definition) is 0. The van der Waals surface area contributed by atoms with Crippen molar-refractivity contribution in [3.63, 3.8) is 0 Å². The molecule has 7 heteroatoms. The summed E-state index contributed by atoms with van der Waals surface area (Å²) in [6, 6.07) is 0. The molecule has 1 rings (SSSR count). The summed E-state index contributed by atoms with van der Waals surface area (Å²) in [6.45, 7) is 3.68. The fraction of sp³-hybridized carbons (Fsp3) is 0.700. The number of ether oxygens (including phenoxy) is 3. The van der Waals surface area contributed by atoms with E-state index in [1.807, 2.05) is 0 Å². The molecule has 0 spiro atoms. The highest BCUT2D eigenvalue weighted by Gasteiger charge is 2.02. The predicted molar refractivity (Wildman–Crippen MR) is 73.5 cm³/mol. The molecule has 0 fully saturated rings. The number of nitrogens with zero attached hydrogens (tertiary/aromatic N) is 2. The van der Waals surface area contributed by atoms with E-state index in [0.29, 0.717) is 44.6 Å². The van der Waals surface area contributed by atoms with Crippen LogP contribution in [0.2, 0.25) is 5.02 Å². The van der Waals surface area contributed by atoms with Gasteiger partial charge in [0.05, 0.1) is 44.6 Å². The summed E-state index contributed by atoms with van der Waals surface area (Å²) in [5, 5.41) is 4.89. The third kappa shape index (κ3) is 6.56. The molecule has 0 saturated carbocycles. The first kappa shape index (κ1) is 15.2. The fourth-order valence-electron chi connectivity index (χ4n) is 1.11. The Bertz CT molecular complexity index is 303. The molecule has 1 heterocycles. The van der Waals surface area contributed by atoms with Crippen molar-refractivity contribution in [2.45, 2.75) is 6.54 Å². The monoisotopic (exact) mass is 374 g/mol. The second-order valence-electron chi connectivity index (χ2n) is 3.25. The molecule has 0 aliphatic carbocycles. The number of hydrogen-bond acceptors (Lipinski definition) is 4. The molecular formula is C10H16ClIN2O3. The molecule has 0 unspecified atom stereocenters. The van der Waals surface area contributed by atoms with Crippen molar-refractivity contribution < 1.29 is 14.2 Å². The normalized spacial score (nSPS) is 11.0. The van der Waals surface area contributed by atoms with Gasteiger partial charge < -0.3 is 14.2 Å². The molecule has 1 aromatic rings. The van der Waals surface area contributed by atoms with Crippen LogP contribution in [0.4, 0.5) is 0 Å². The average molecular weight is 375 g/mol. The Kier molecular flexibility index (Phi) is 8.12. The van der Waals surface area contributed by atoms with E-state index in [9.17, 15) is 0 Å². The van der Waals surface area contributed by atoms with E-state index in [1.54, 1.807) is 18.0 Å². The summed E-state index contributed by atoms with van der Waals surface area (Å²) in [6.07, 6.45) is 1.79. The number of halogens is 2. The van der Waals surface area contributed by atoms with Crippen molar-refractivity contribution in [1.82, 2.24) is 9.78 Å². The Balaban J connectivity index is 1.97. The lowest BCUT2D eigenvalue weighted by atomic mass is 10.6. The van der Waals surface area contributed by atoms with Crippen molar-refractivity contribution in [2.75, 3.05) is 40.1 Å². The van der Waals surface area contributed by atoms with Crippen LogP contribution in [0.1, 0.15) is 0 Å². The topological polar surface area (TPSA) is 45.5 Å². The molecule has 0 aliphatic heterocycles. The first-order valence-electron chi connectivity index (χ1n) is 5.27. The van der Waals surface area contributed by atoms with Gasteiger partial charge in [0, 0.05) is 13.3 Å². The van der Waals surface area contributed by atoms with E-state index >= 15 is 0 Å². The quantitative estimate of drug-likeness (QED) is 0.489. The molecule has 0 aliphatic rings. The maximum atomic E-state index is 5.88. The standard InChI is InChI=1S/C10H16ClIN2O3/c1-15-4-5-17-7-6-16-3-2-14-8-9(11)10(12)13-14/h8H,2-7H2,1H3. The van der Waals surface area contributed by atoms with E-state index in [-0.39, 0.29) is 0 Å². The van der Waals surface area contributed by atoms with Gasteiger partial charge in [-0.3, -0.25) is 4.68 Å². The van der Waals surface area contributed by atoms with Crippen LogP contribution in [-0.2, 0) is 20.8 Å². The van der Waals surface area contributed by atoms with Gasteiger partial charge in [0.15, 0.2) is 0 Å². The molecule has 0 atom stereocenters. The minimum Gasteiger partial charge on any atom is -0.382 e. The van der Waals surface area contributed by atoms with Crippen molar-refractivity contribution in [1.29, 1.82) is 0 Å². The zero-order valence-corrected chi connectivity index (χ0v) is 12.6. The summed E-state index contributed by atoms with van der Waals surface area (Å²) in [5.74, 6) is 0. The van der Waals surface area contributed by atoms with Crippen LogP contribution < -0.4 is 0 Å². The van der Waals surface area contributed by atoms with E-state index in [4.69, 9.17) is 25.8 Å². The number of aromatic nitrogens is 2. The fourth-order valence-corrected chi connectivity index (χ4v) is 1.68. The first-order chi connectivity index (χ1) is 8.24. The van der Waals surface area contributed by atoms with E-state index < -0.39 is 0 Å². The molecular weight excluding hydrogens is 358 g/mol. The van der Waals surface area contributed by atoms with Crippen molar-refractivity contribution in [3.8, 4) is 0 Å². The van der Waals surface area contributed by atoms with Gasteiger partial charge in [0.1, 0.15) is 3.70 Å². The van der Waals surface area contributed by atoms with Crippen LogP contribution in [0, 0.1) is 3.70 Å². The molecule has 17 heavy (non-hydrogen) atoms. The van der Waals surface area contributed by atoms with Gasteiger partial charge in [-0.1, -0.05) is 11.6 Å². The Morgan fingerprint density at radius 2 is 1.88 bits per heavy atom. The molecule has 0 aromatic carbocycles. The van der Waals surface area contributed by atoms with Crippen LogP contribution >= 0.6 is 34.2 Å². The van der Waals surface area contributed by atoms with Crippen LogP contribution in [-0.4, -0.2) is 49.9 Å². The summed E-state index contributed by atoms with van der Waals surface area (Å²) >= 11 is 7.97. The molecule has 1 aromatic heterocycles. The molecule has 0 saturated heterocycles. The predicted octanol–water partition coefficient (Wildman–Crippen LogP) is 1.82. The Morgan fingerprint density at radius 1 is 1.24 bits per heavy atom. The van der Waals surface area contributed by atoms with Gasteiger partial charge in [0.2, 0.25) is 0 Å². The molecule has 0 N–H and O–H groups in total. The van der Waals surface area contributed by atoms with Crippen molar-refractivity contribution in [3.05, 3.63) is 14.9 Å². The SMILES string of the molecule is COCCOCCOCCn1cc(Cl)c(I)n1. The zero-order valence-electron chi connectivity index (χ0n) is 9.70. The van der Waals surface area contributed by atoms with Crippen LogP contribution in [0.25, 0.3) is 0 Å². The maximum Gasteiger partial charge on any atom is 0.141 e. The average Bonchev–Trinajstić information content (AvgIpc) is 2.62. The Labute approximate surface area is 119 Å². The summed E-state index contributed by atoms with van der Waals surface area (Å²) in [4.78, 5) is 0. The van der Waals surface area contributed by atoms with Gasteiger partial charge in [0.25, 0.3) is 0 Å². The van der Waals surface area contributed by atoms with E-state index in [0.717, 1.165) is 3.70 Å². The largest absolute Gasteiger partial charge is 0.382 e. The number of rotatable bonds is 9. The van der Waals surface area contributed by atoms with Gasteiger partial charge >= 0.3 is 0 Å². The van der Waals surface area contributed by atoms with Crippen LogP contribution in [0.5, 0.6) is 0 Å². The smallest absolute Gasteiger partial charge is 0.141 e. The minimum atomic E-state index is 0.579. The van der Waals surface area contributed by atoms with Crippen LogP contribution in [0.3, 0.4) is 0 Å². The van der Waals surface area contributed by atoms with Gasteiger partial charge in [-0.15, -0.1) is 0 Å². The Hall–Kier alpha value is 0.110.